The van der Waals surface area contributed by atoms with Crippen LogP contribution in [0.1, 0.15) is 0 Å². The molecule has 3 aliphatic rings. The molecule has 5 heterocycles. The fourth-order valence-electron chi connectivity index (χ4n) is 4.78. The van der Waals surface area contributed by atoms with Crippen LogP contribution in [0.4, 0.5) is 23.2 Å². The second-order valence-electron chi connectivity index (χ2n) is 8.69. The molecule has 0 saturated carbocycles. The lowest BCUT2D eigenvalue weighted by Gasteiger charge is -2.29. The van der Waals surface area contributed by atoms with E-state index in [9.17, 15) is 18.3 Å². The second kappa shape index (κ2) is 8.63. The van der Waals surface area contributed by atoms with Gasteiger partial charge in [-0.15, -0.1) is 0 Å². The monoisotopic (exact) mass is 495 g/mol. The van der Waals surface area contributed by atoms with Gasteiger partial charge in [0.05, 0.1) is 37.5 Å². The van der Waals surface area contributed by atoms with Crippen LogP contribution < -0.4 is 9.64 Å². The number of H-pyrrole nitrogens is 1. The predicted molar refractivity (Wildman–Crippen MR) is 114 cm³/mol. The standard InChI is InChI=1S/C23H21F4N3O5/c24-11-5-10(30-1-3-32-4-2-30)6-12(25)17(11)19-13(26)7-14-20(29-19)18(27)23(28-14)35-16-9-34-21-15(31)8-33-22(16)21/h5-7,15-16,21-22,28,31H,1-4,8-9H2/t15-,16-,21-,22-/m1/s1. The Kier molecular flexibility index (Phi) is 5.55. The molecule has 0 spiro atoms. The van der Waals surface area contributed by atoms with E-state index >= 15 is 4.39 Å². The minimum absolute atomic E-state index is 0.0488. The van der Waals surface area contributed by atoms with Gasteiger partial charge in [0.2, 0.25) is 11.7 Å². The number of ether oxygens (including phenoxy) is 4. The number of rotatable bonds is 4. The average Bonchev–Trinajstić information content (AvgIpc) is 3.50. The van der Waals surface area contributed by atoms with Crippen LogP contribution in [0.15, 0.2) is 18.2 Å². The van der Waals surface area contributed by atoms with Gasteiger partial charge in [-0.2, -0.15) is 4.39 Å². The van der Waals surface area contributed by atoms with Crippen molar-refractivity contribution in [1.29, 1.82) is 0 Å². The molecule has 12 heteroatoms. The number of halogens is 4. The van der Waals surface area contributed by atoms with Gasteiger partial charge in [-0.05, 0) is 12.1 Å². The highest BCUT2D eigenvalue weighted by atomic mass is 19.1. The van der Waals surface area contributed by atoms with Crippen molar-refractivity contribution < 1.29 is 41.6 Å². The van der Waals surface area contributed by atoms with E-state index in [-0.39, 0.29) is 30.1 Å². The minimum Gasteiger partial charge on any atom is -0.468 e. The van der Waals surface area contributed by atoms with Gasteiger partial charge in [0.15, 0.2) is 11.9 Å². The first-order valence-electron chi connectivity index (χ1n) is 11.2. The van der Waals surface area contributed by atoms with Crippen LogP contribution in [0.25, 0.3) is 22.3 Å². The van der Waals surface area contributed by atoms with Crippen molar-refractivity contribution in [2.75, 3.05) is 44.4 Å². The van der Waals surface area contributed by atoms with Gasteiger partial charge in [-0.3, -0.25) is 0 Å². The number of hydrogen-bond acceptors (Lipinski definition) is 7. The number of aliphatic hydroxyl groups is 1. The Bertz CT molecular complexity index is 1260. The SMILES string of the molecule is O[C@@H]1CO[C@H]2[C@@H]1OC[C@H]2Oc1[nH]c2cc(F)c(-c3c(F)cc(N4CCOCC4)cc3F)nc2c1F. The van der Waals surface area contributed by atoms with Crippen molar-refractivity contribution in [2.45, 2.75) is 24.4 Å². The quantitative estimate of drug-likeness (QED) is 0.538. The van der Waals surface area contributed by atoms with Crippen LogP contribution in [-0.4, -0.2) is 79.0 Å². The third-order valence-corrected chi connectivity index (χ3v) is 6.52. The maximum absolute atomic E-state index is 15.2. The highest BCUT2D eigenvalue weighted by molar-refractivity contribution is 5.82. The molecule has 0 unspecified atom stereocenters. The molecule has 4 atom stereocenters. The molecule has 0 aliphatic carbocycles. The lowest BCUT2D eigenvalue weighted by atomic mass is 10.1. The third-order valence-electron chi connectivity index (χ3n) is 6.52. The summed E-state index contributed by atoms with van der Waals surface area (Å²) in [6.07, 6.45) is -2.70. The van der Waals surface area contributed by atoms with Gasteiger partial charge >= 0.3 is 0 Å². The van der Waals surface area contributed by atoms with Crippen LogP contribution in [0.3, 0.4) is 0 Å². The first-order valence-corrected chi connectivity index (χ1v) is 11.2. The Labute approximate surface area is 196 Å². The molecule has 0 amide bonds. The Morgan fingerprint density at radius 1 is 0.971 bits per heavy atom. The Morgan fingerprint density at radius 2 is 1.69 bits per heavy atom. The number of aromatic nitrogens is 2. The Balaban J connectivity index is 1.33. The molecule has 186 valence electrons. The molecule has 2 aromatic heterocycles. The topological polar surface area (TPSA) is 89.1 Å². The fourth-order valence-corrected chi connectivity index (χ4v) is 4.78. The summed E-state index contributed by atoms with van der Waals surface area (Å²) >= 11 is 0. The molecule has 6 rings (SSSR count). The van der Waals surface area contributed by atoms with Crippen molar-refractivity contribution in [3.63, 3.8) is 0 Å². The van der Waals surface area contributed by atoms with E-state index in [1.807, 2.05) is 0 Å². The normalized spacial score (nSPS) is 26.5. The van der Waals surface area contributed by atoms with Gasteiger partial charge in [-0.1, -0.05) is 0 Å². The first-order chi connectivity index (χ1) is 16.9. The Hall–Kier alpha value is -2.93. The van der Waals surface area contributed by atoms with Crippen LogP contribution in [0.5, 0.6) is 5.88 Å². The number of anilines is 1. The van der Waals surface area contributed by atoms with Crippen molar-refractivity contribution in [3.05, 3.63) is 41.5 Å². The second-order valence-corrected chi connectivity index (χ2v) is 8.69. The number of hydrogen-bond donors (Lipinski definition) is 2. The van der Waals surface area contributed by atoms with E-state index in [1.54, 1.807) is 4.90 Å². The number of aliphatic hydroxyl groups excluding tert-OH is 1. The predicted octanol–water partition coefficient (Wildman–Crippen LogP) is 2.53. The minimum atomic E-state index is -1.03. The zero-order chi connectivity index (χ0) is 24.3. The number of nitrogens with zero attached hydrogens (tertiary/aromatic N) is 2. The van der Waals surface area contributed by atoms with E-state index < -0.39 is 58.9 Å². The summed E-state index contributed by atoms with van der Waals surface area (Å²) in [4.78, 5) is 8.26. The third kappa shape index (κ3) is 3.80. The molecule has 0 bridgehead atoms. The number of benzene rings is 1. The summed E-state index contributed by atoms with van der Waals surface area (Å²) < 4.78 is 81.9. The number of morpholine rings is 1. The average molecular weight is 495 g/mol. The molecular formula is C23H21F4N3O5. The summed E-state index contributed by atoms with van der Waals surface area (Å²) in [6, 6.07) is 3.11. The molecule has 2 N–H and O–H groups in total. The van der Waals surface area contributed by atoms with Crippen LogP contribution in [0, 0.1) is 23.3 Å². The van der Waals surface area contributed by atoms with Crippen LogP contribution in [-0.2, 0) is 14.2 Å². The Morgan fingerprint density at radius 3 is 2.43 bits per heavy atom. The summed E-state index contributed by atoms with van der Waals surface area (Å²) in [6.45, 7) is 1.91. The zero-order valence-corrected chi connectivity index (χ0v) is 18.3. The molecule has 8 nitrogen and oxygen atoms in total. The van der Waals surface area contributed by atoms with Crippen molar-refractivity contribution in [2.24, 2.45) is 0 Å². The van der Waals surface area contributed by atoms with Gasteiger partial charge in [-0.25, -0.2) is 18.2 Å². The highest BCUT2D eigenvalue weighted by Gasteiger charge is 2.48. The number of fused-ring (bicyclic) bond motifs is 2. The maximum atomic E-state index is 15.2. The van der Waals surface area contributed by atoms with E-state index in [1.165, 1.54) is 0 Å². The summed E-state index contributed by atoms with van der Waals surface area (Å²) in [5.74, 6) is -4.36. The molecule has 3 aromatic rings. The van der Waals surface area contributed by atoms with Crippen molar-refractivity contribution in [1.82, 2.24) is 9.97 Å². The van der Waals surface area contributed by atoms with Crippen molar-refractivity contribution >= 4 is 16.7 Å². The van der Waals surface area contributed by atoms with E-state index in [4.69, 9.17) is 18.9 Å². The lowest BCUT2D eigenvalue weighted by molar-refractivity contribution is 0.00723. The molecule has 3 aliphatic heterocycles. The molecule has 3 fully saturated rings. The molecular weight excluding hydrogens is 474 g/mol. The zero-order valence-electron chi connectivity index (χ0n) is 18.3. The summed E-state index contributed by atoms with van der Waals surface area (Å²) in [5.41, 5.74) is -1.43. The maximum Gasteiger partial charge on any atom is 0.231 e. The first kappa shape index (κ1) is 22.5. The lowest BCUT2D eigenvalue weighted by Crippen LogP contribution is -2.36. The largest absolute Gasteiger partial charge is 0.468 e. The molecule has 3 saturated heterocycles. The smallest absolute Gasteiger partial charge is 0.231 e. The van der Waals surface area contributed by atoms with E-state index in [0.29, 0.717) is 32.0 Å². The van der Waals surface area contributed by atoms with Gasteiger partial charge in [0.1, 0.15) is 41.2 Å². The molecule has 1 aromatic carbocycles. The number of nitrogens with one attached hydrogen (secondary N) is 1. The number of aromatic amines is 1. The van der Waals surface area contributed by atoms with Crippen molar-refractivity contribution in [3.8, 4) is 17.1 Å². The van der Waals surface area contributed by atoms with E-state index in [2.05, 4.69) is 9.97 Å². The summed E-state index contributed by atoms with van der Waals surface area (Å²) in [5, 5.41) is 9.85. The molecule has 0 radical (unpaired) electrons. The highest BCUT2D eigenvalue weighted by Crippen LogP contribution is 2.36. The van der Waals surface area contributed by atoms with Gasteiger partial charge in [0, 0.05) is 24.8 Å². The van der Waals surface area contributed by atoms with Crippen LogP contribution >= 0.6 is 0 Å². The summed E-state index contributed by atoms with van der Waals surface area (Å²) in [7, 11) is 0. The fraction of sp³-hybridized carbons (Fsp3) is 0.435. The number of pyridine rings is 1. The van der Waals surface area contributed by atoms with Crippen LogP contribution in [0.2, 0.25) is 0 Å². The van der Waals surface area contributed by atoms with Gasteiger partial charge < -0.3 is 33.9 Å². The molecule has 35 heavy (non-hydrogen) atoms. The van der Waals surface area contributed by atoms with E-state index in [0.717, 1.165) is 18.2 Å². The van der Waals surface area contributed by atoms with Gasteiger partial charge in [0.25, 0.3) is 0 Å².